The molecule has 3 nitrogen and oxygen atoms in total. The Morgan fingerprint density at radius 2 is 1.89 bits per heavy atom. The second-order valence-electron chi connectivity index (χ2n) is 4.29. The van der Waals surface area contributed by atoms with Gasteiger partial charge in [-0.2, -0.15) is 0 Å². The van der Waals surface area contributed by atoms with Gasteiger partial charge in [0, 0.05) is 10.9 Å². The molecule has 0 N–H and O–H groups in total. The van der Waals surface area contributed by atoms with Crippen LogP contribution in [0.25, 0.3) is 0 Å². The van der Waals surface area contributed by atoms with Gasteiger partial charge in [-0.25, -0.2) is 9.78 Å². The summed E-state index contributed by atoms with van der Waals surface area (Å²) in [6, 6.07) is 15.6. The van der Waals surface area contributed by atoms with Gasteiger partial charge in [-0.05, 0) is 29.8 Å². The minimum atomic E-state index is 0.000139. The molecule has 1 aliphatic rings. The molecule has 2 aromatic rings. The van der Waals surface area contributed by atoms with Gasteiger partial charge in [-0.1, -0.05) is 40.2 Å². The van der Waals surface area contributed by atoms with Crippen molar-refractivity contribution in [3.63, 3.8) is 0 Å². The summed E-state index contributed by atoms with van der Waals surface area (Å²) in [6.07, 6.45) is 0.873. The third kappa shape index (κ3) is 2.97. The van der Waals surface area contributed by atoms with Gasteiger partial charge in [0.15, 0.2) is 0 Å². The SMILES string of the molecule is Brc1cc(Oc2ccccc2)ccc1C1CCOO1. The molecule has 0 saturated carbocycles. The van der Waals surface area contributed by atoms with Gasteiger partial charge in [0.05, 0.1) is 6.61 Å². The lowest BCUT2D eigenvalue weighted by Crippen LogP contribution is -1.96. The van der Waals surface area contributed by atoms with E-state index in [1.54, 1.807) is 0 Å². The number of para-hydroxylation sites is 1. The highest BCUT2D eigenvalue weighted by molar-refractivity contribution is 9.10. The fraction of sp³-hybridized carbons (Fsp3) is 0.200. The summed E-state index contributed by atoms with van der Waals surface area (Å²) in [4.78, 5) is 10.1. The molecular formula is C15H13BrO3. The van der Waals surface area contributed by atoms with Crippen LogP contribution in [0.4, 0.5) is 0 Å². The monoisotopic (exact) mass is 320 g/mol. The van der Waals surface area contributed by atoms with Crippen molar-refractivity contribution in [1.29, 1.82) is 0 Å². The lowest BCUT2D eigenvalue weighted by molar-refractivity contribution is -0.276. The number of rotatable bonds is 3. The van der Waals surface area contributed by atoms with Crippen LogP contribution in [0, 0.1) is 0 Å². The molecule has 98 valence electrons. The van der Waals surface area contributed by atoms with Crippen molar-refractivity contribution in [2.24, 2.45) is 0 Å². The van der Waals surface area contributed by atoms with Crippen LogP contribution in [0.3, 0.4) is 0 Å². The Labute approximate surface area is 120 Å². The second kappa shape index (κ2) is 5.74. The Morgan fingerprint density at radius 3 is 2.58 bits per heavy atom. The van der Waals surface area contributed by atoms with E-state index in [2.05, 4.69) is 15.9 Å². The van der Waals surface area contributed by atoms with E-state index in [1.807, 2.05) is 48.5 Å². The normalized spacial score (nSPS) is 18.5. The minimum Gasteiger partial charge on any atom is -0.457 e. The van der Waals surface area contributed by atoms with Crippen LogP contribution < -0.4 is 4.74 Å². The molecule has 19 heavy (non-hydrogen) atoms. The van der Waals surface area contributed by atoms with Crippen molar-refractivity contribution in [3.8, 4) is 11.5 Å². The summed E-state index contributed by atoms with van der Waals surface area (Å²) in [6.45, 7) is 0.638. The molecule has 1 saturated heterocycles. The molecule has 2 aromatic carbocycles. The van der Waals surface area contributed by atoms with Crippen molar-refractivity contribution < 1.29 is 14.5 Å². The van der Waals surface area contributed by atoms with Crippen LogP contribution in [0.2, 0.25) is 0 Å². The maximum absolute atomic E-state index is 5.77. The highest BCUT2D eigenvalue weighted by atomic mass is 79.9. The number of halogens is 1. The van der Waals surface area contributed by atoms with Crippen molar-refractivity contribution in [1.82, 2.24) is 0 Å². The van der Waals surface area contributed by atoms with Gasteiger partial charge in [0.2, 0.25) is 0 Å². The van der Waals surface area contributed by atoms with E-state index in [0.29, 0.717) is 6.61 Å². The first kappa shape index (κ1) is 12.7. The Bertz CT molecular complexity index is 551. The van der Waals surface area contributed by atoms with E-state index < -0.39 is 0 Å². The smallest absolute Gasteiger partial charge is 0.128 e. The zero-order valence-corrected chi connectivity index (χ0v) is 11.8. The molecule has 1 aliphatic heterocycles. The summed E-state index contributed by atoms with van der Waals surface area (Å²) in [5.41, 5.74) is 1.08. The molecule has 0 radical (unpaired) electrons. The largest absolute Gasteiger partial charge is 0.457 e. The predicted octanol–water partition coefficient (Wildman–Crippen LogP) is 4.63. The summed E-state index contributed by atoms with van der Waals surface area (Å²) >= 11 is 3.55. The molecule has 4 heteroatoms. The highest BCUT2D eigenvalue weighted by Gasteiger charge is 2.21. The van der Waals surface area contributed by atoms with Gasteiger partial charge in [0.25, 0.3) is 0 Å². The van der Waals surface area contributed by atoms with Gasteiger partial charge in [-0.15, -0.1) is 0 Å². The topological polar surface area (TPSA) is 27.7 Å². The van der Waals surface area contributed by atoms with Gasteiger partial charge < -0.3 is 4.74 Å². The number of hydrogen-bond acceptors (Lipinski definition) is 3. The fourth-order valence-electron chi connectivity index (χ4n) is 2.00. The first-order chi connectivity index (χ1) is 9.33. The highest BCUT2D eigenvalue weighted by Crippen LogP contribution is 2.35. The lowest BCUT2D eigenvalue weighted by atomic mass is 10.1. The predicted molar refractivity (Wildman–Crippen MR) is 75.1 cm³/mol. The van der Waals surface area contributed by atoms with Crippen LogP contribution in [0.5, 0.6) is 11.5 Å². The average molecular weight is 321 g/mol. The maximum Gasteiger partial charge on any atom is 0.128 e. The van der Waals surface area contributed by atoms with E-state index >= 15 is 0 Å². The Kier molecular flexibility index (Phi) is 3.82. The summed E-state index contributed by atoms with van der Waals surface area (Å²) in [7, 11) is 0. The molecule has 3 rings (SSSR count). The molecular weight excluding hydrogens is 308 g/mol. The minimum absolute atomic E-state index is 0.000139. The Morgan fingerprint density at radius 1 is 1.05 bits per heavy atom. The van der Waals surface area contributed by atoms with Crippen molar-refractivity contribution in [2.45, 2.75) is 12.5 Å². The molecule has 0 aromatic heterocycles. The molecule has 1 atom stereocenters. The third-order valence-corrected chi connectivity index (χ3v) is 3.63. The van der Waals surface area contributed by atoms with Crippen LogP contribution >= 0.6 is 15.9 Å². The van der Waals surface area contributed by atoms with Gasteiger partial charge >= 0.3 is 0 Å². The zero-order chi connectivity index (χ0) is 13.1. The van der Waals surface area contributed by atoms with E-state index in [9.17, 15) is 0 Å². The number of hydrogen-bond donors (Lipinski definition) is 0. The van der Waals surface area contributed by atoms with E-state index in [1.165, 1.54) is 0 Å². The molecule has 0 spiro atoms. The van der Waals surface area contributed by atoms with Gasteiger partial charge in [-0.3, -0.25) is 0 Å². The summed E-state index contributed by atoms with van der Waals surface area (Å²) < 4.78 is 6.74. The molecule has 1 heterocycles. The van der Waals surface area contributed by atoms with E-state index in [-0.39, 0.29) is 6.10 Å². The van der Waals surface area contributed by atoms with E-state index in [4.69, 9.17) is 14.5 Å². The van der Waals surface area contributed by atoms with Crippen LogP contribution in [-0.2, 0) is 9.78 Å². The molecule has 0 bridgehead atoms. The zero-order valence-electron chi connectivity index (χ0n) is 10.2. The summed E-state index contributed by atoms with van der Waals surface area (Å²) in [5, 5.41) is 0. The van der Waals surface area contributed by atoms with E-state index in [0.717, 1.165) is 28.0 Å². The fourth-order valence-corrected chi connectivity index (χ4v) is 2.61. The maximum atomic E-state index is 5.77. The second-order valence-corrected chi connectivity index (χ2v) is 5.15. The first-order valence-electron chi connectivity index (χ1n) is 6.13. The quantitative estimate of drug-likeness (QED) is 0.771. The van der Waals surface area contributed by atoms with Crippen LogP contribution in [0.15, 0.2) is 53.0 Å². The molecule has 0 aliphatic carbocycles. The molecule has 0 amide bonds. The van der Waals surface area contributed by atoms with Crippen LogP contribution in [0.1, 0.15) is 18.1 Å². The lowest BCUT2D eigenvalue weighted by Gasteiger charge is -2.12. The first-order valence-corrected chi connectivity index (χ1v) is 6.93. The van der Waals surface area contributed by atoms with Crippen molar-refractivity contribution in [2.75, 3.05) is 6.61 Å². The third-order valence-electron chi connectivity index (χ3n) is 2.95. The molecule has 1 fully saturated rings. The number of ether oxygens (including phenoxy) is 1. The van der Waals surface area contributed by atoms with Crippen molar-refractivity contribution in [3.05, 3.63) is 58.6 Å². The van der Waals surface area contributed by atoms with Gasteiger partial charge in [0.1, 0.15) is 17.6 Å². The Hall–Kier alpha value is -1.36. The standard InChI is InChI=1S/C15H13BrO3/c16-14-10-12(18-11-4-2-1-3-5-11)6-7-13(14)15-8-9-17-19-15/h1-7,10,15H,8-9H2. The summed E-state index contributed by atoms with van der Waals surface area (Å²) in [5.74, 6) is 1.61. The number of benzene rings is 2. The van der Waals surface area contributed by atoms with Crippen LogP contribution in [-0.4, -0.2) is 6.61 Å². The molecule has 1 unspecified atom stereocenters. The Balaban J connectivity index is 1.79. The average Bonchev–Trinajstić information content (AvgIpc) is 2.94. The van der Waals surface area contributed by atoms with Crippen molar-refractivity contribution >= 4 is 15.9 Å².